The molecule has 32 heavy (non-hydrogen) atoms. The van der Waals surface area contributed by atoms with Crippen LogP contribution in [0.4, 0.5) is 0 Å². The van der Waals surface area contributed by atoms with Crippen molar-refractivity contribution in [3.63, 3.8) is 0 Å². The SMILES string of the molecule is CCN(C)C(=O)c1cccc(-c2ncccc2OC(c2cccnc2)c2cccnc2)c1. The Bertz CT molecular complexity index is 1140. The normalized spacial score (nSPS) is 10.7. The number of pyridine rings is 3. The summed E-state index contributed by atoms with van der Waals surface area (Å²) < 4.78 is 6.50. The Kier molecular flexibility index (Phi) is 6.51. The number of ether oxygens (including phenoxy) is 1. The maximum absolute atomic E-state index is 12.7. The zero-order valence-corrected chi connectivity index (χ0v) is 18.1. The summed E-state index contributed by atoms with van der Waals surface area (Å²) in [7, 11) is 1.79. The Hall–Kier alpha value is -4.06. The van der Waals surface area contributed by atoms with Crippen molar-refractivity contribution in [1.82, 2.24) is 19.9 Å². The molecule has 0 saturated heterocycles. The molecule has 4 aromatic rings. The van der Waals surface area contributed by atoms with Gasteiger partial charge in [-0.05, 0) is 43.3 Å². The van der Waals surface area contributed by atoms with Gasteiger partial charge in [-0.15, -0.1) is 0 Å². The van der Waals surface area contributed by atoms with Gasteiger partial charge in [0.05, 0.1) is 0 Å². The van der Waals surface area contributed by atoms with Crippen molar-refractivity contribution >= 4 is 5.91 Å². The van der Waals surface area contributed by atoms with Crippen LogP contribution in [0.15, 0.2) is 91.6 Å². The first-order chi connectivity index (χ1) is 15.7. The number of nitrogens with zero attached hydrogens (tertiary/aromatic N) is 4. The summed E-state index contributed by atoms with van der Waals surface area (Å²) in [5.74, 6) is 0.579. The van der Waals surface area contributed by atoms with E-state index in [0.717, 1.165) is 16.7 Å². The number of benzene rings is 1. The first-order valence-electron chi connectivity index (χ1n) is 10.4. The summed E-state index contributed by atoms with van der Waals surface area (Å²) >= 11 is 0. The number of carbonyl (C=O) groups is 1. The standard InChI is InChI=1S/C26H24N4O2/c1-3-30(2)26(31)20-9-4-8-19(16-20)24-23(12-7-15-29-24)32-25(21-10-5-13-27-17-21)22-11-6-14-28-18-22/h4-18,25H,3H2,1-2H3. The van der Waals surface area contributed by atoms with E-state index in [0.29, 0.717) is 23.6 Å². The van der Waals surface area contributed by atoms with Crippen LogP contribution < -0.4 is 4.74 Å². The van der Waals surface area contributed by atoms with Gasteiger partial charge in [-0.25, -0.2) is 0 Å². The predicted octanol–water partition coefficient (Wildman–Crippen LogP) is 4.80. The Morgan fingerprint density at radius 3 is 2.25 bits per heavy atom. The number of amides is 1. The van der Waals surface area contributed by atoms with E-state index >= 15 is 0 Å². The van der Waals surface area contributed by atoms with Crippen molar-refractivity contribution in [3.05, 3.63) is 108 Å². The maximum Gasteiger partial charge on any atom is 0.253 e. The van der Waals surface area contributed by atoms with Crippen molar-refractivity contribution < 1.29 is 9.53 Å². The molecule has 0 spiro atoms. The molecule has 0 aliphatic heterocycles. The summed E-state index contributed by atoms with van der Waals surface area (Å²) in [6.07, 6.45) is 8.35. The summed E-state index contributed by atoms with van der Waals surface area (Å²) in [6, 6.07) is 18.9. The van der Waals surface area contributed by atoms with Crippen molar-refractivity contribution in [1.29, 1.82) is 0 Å². The molecule has 0 N–H and O–H groups in total. The van der Waals surface area contributed by atoms with E-state index in [1.807, 2.05) is 67.6 Å². The molecule has 0 saturated carbocycles. The molecule has 0 aliphatic carbocycles. The number of aromatic nitrogens is 3. The van der Waals surface area contributed by atoms with Crippen molar-refractivity contribution in [3.8, 4) is 17.0 Å². The number of hydrogen-bond acceptors (Lipinski definition) is 5. The van der Waals surface area contributed by atoms with E-state index in [1.165, 1.54) is 0 Å². The van der Waals surface area contributed by atoms with Gasteiger partial charge in [0.1, 0.15) is 11.4 Å². The highest BCUT2D eigenvalue weighted by Gasteiger charge is 2.20. The average Bonchev–Trinajstić information content (AvgIpc) is 2.87. The molecular formula is C26H24N4O2. The Morgan fingerprint density at radius 2 is 1.62 bits per heavy atom. The lowest BCUT2D eigenvalue weighted by molar-refractivity contribution is 0.0802. The molecule has 0 bridgehead atoms. The van der Waals surface area contributed by atoms with Crippen molar-refractivity contribution in [2.75, 3.05) is 13.6 Å². The van der Waals surface area contributed by atoms with Gasteiger partial charge in [0.15, 0.2) is 6.10 Å². The van der Waals surface area contributed by atoms with Crippen molar-refractivity contribution in [2.24, 2.45) is 0 Å². The second-order valence-electron chi connectivity index (χ2n) is 7.32. The molecule has 1 amide bonds. The lowest BCUT2D eigenvalue weighted by atomic mass is 10.0. The second-order valence-corrected chi connectivity index (χ2v) is 7.32. The van der Waals surface area contributed by atoms with Crippen LogP contribution in [0.5, 0.6) is 5.75 Å². The fourth-order valence-corrected chi connectivity index (χ4v) is 3.38. The lowest BCUT2D eigenvalue weighted by Gasteiger charge is -2.21. The van der Waals surface area contributed by atoms with Crippen LogP contribution in [0, 0.1) is 0 Å². The van der Waals surface area contributed by atoms with Gasteiger partial charge >= 0.3 is 0 Å². The maximum atomic E-state index is 12.7. The predicted molar refractivity (Wildman–Crippen MR) is 123 cm³/mol. The molecule has 0 fully saturated rings. The largest absolute Gasteiger partial charge is 0.479 e. The van der Waals surface area contributed by atoms with Gasteiger partial charge in [0.25, 0.3) is 5.91 Å². The topological polar surface area (TPSA) is 68.2 Å². The molecule has 1 aromatic carbocycles. The fourth-order valence-electron chi connectivity index (χ4n) is 3.38. The zero-order valence-electron chi connectivity index (χ0n) is 18.1. The fraction of sp³-hybridized carbons (Fsp3) is 0.154. The first-order valence-corrected chi connectivity index (χ1v) is 10.4. The molecule has 6 nitrogen and oxygen atoms in total. The van der Waals surface area contributed by atoms with Crippen LogP contribution in [0.2, 0.25) is 0 Å². The third kappa shape index (κ3) is 4.64. The molecule has 3 heterocycles. The Morgan fingerprint density at radius 1 is 0.938 bits per heavy atom. The molecule has 0 radical (unpaired) electrons. The number of hydrogen-bond donors (Lipinski definition) is 0. The molecule has 160 valence electrons. The molecule has 0 unspecified atom stereocenters. The highest BCUT2D eigenvalue weighted by molar-refractivity contribution is 5.95. The lowest BCUT2D eigenvalue weighted by Crippen LogP contribution is -2.26. The molecule has 4 rings (SSSR count). The van der Waals surface area contributed by atoms with Gasteiger partial charge in [0, 0.05) is 66.8 Å². The summed E-state index contributed by atoms with van der Waals surface area (Å²) in [6.45, 7) is 2.59. The molecular weight excluding hydrogens is 400 g/mol. The average molecular weight is 425 g/mol. The monoisotopic (exact) mass is 424 g/mol. The van der Waals surface area contributed by atoms with Gasteiger partial charge < -0.3 is 9.64 Å². The molecule has 0 atom stereocenters. The minimum atomic E-state index is -0.406. The second kappa shape index (κ2) is 9.83. The van der Waals surface area contributed by atoms with Crippen LogP contribution in [-0.4, -0.2) is 39.4 Å². The van der Waals surface area contributed by atoms with Gasteiger partial charge in [-0.3, -0.25) is 19.7 Å². The van der Waals surface area contributed by atoms with E-state index < -0.39 is 6.10 Å². The highest BCUT2D eigenvalue weighted by atomic mass is 16.5. The van der Waals surface area contributed by atoms with Crippen LogP contribution in [0.1, 0.15) is 34.5 Å². The van der Waals surface area contributed by atoms with E-state index in [1.54, 1.807) is 42.9 Å². The highest BCUT2D eigenvalue weighted by Crippen LogP contribution is 2.34. The number of rotatable bonds is 7. The molecule has 6 heteroatoms. The number of carbonyl (C=O) groups excluding carboxylic acids is 1. The van der Waals surface area contributed by atoms with Gasteiger partial charge in [-0.1, -0.05) is 24.3 Å². The quantitative estimate of drug-likeness (QED) is 0.426. The third-order valence-corrected chi connectivity index (χ3v) is 5.19. The van der Waals surface area contributed by atoms with E-state index in [-0.39, 0.29) is 5.91 Å². The summed E-state index contributed by atoms with van der Waals surface area (Å²) in [5.41, 5.74) is 3.90. The van der Waals surface area contributed by atoms with Gasteiger partial charge in [0.2, 0.25) is 0 Å². The minimum absolute atomic E-state index is 0.0312. The summed E-state index contributed by atoms with van der Waals surface area (Å²) in [4.78, 5) is 27.4. The van der Waals surface area contributed by atoms with Crippen LogP contribution in [0.3, 0.4) is 0 Å². The first kappa shape index (κ1) is 21.2. The van der Waals surface area contributed by atoms with Crippen molar-refractivity contribution in [2.45, 2.75) is 13.0 Å². The van der Waals surface area contributed by atoms with E-state index in [4.69, 9.17) is 4.74 Å². The summed E-state index contributed by atoms with van der Waals surface area (Å²) in [5, 5.41) is 0. The van der Waals surface area contributed by atoms with Crippen LogP contribution >= 0.6 is 0 Å². The molecule has 0 aliphatic rings. The Labute approximate surface area is 187 Å². The molecule has 3 aromatic heterocycles. The van der Waals surface area contributed by atoms with E-state index in [9.17, 15) is 4.79 Å². The van der Waals surface area contributed by atoms with Gasteiger partial charge in [-0.2, -0.15) is 0 Å². The van der Waals surface area contributed by atoms with Crippen LogP contribution in [-0.2, 0) is 0 Å². The minimum Gasteiger partial charge on any atom is -0.479 e. The third-order valence-electron chi connectivity index (χ3n) is 5.19. The smallest absolute Gasteiger partial charge is 0.253 e. The van der Waals surface area contributed by atoms with Crippen LogP contribution in [0.25, 0.3) is 11.3 Å². The zero-order chi connectivity index (χ0) is 22.3. The van der Waals surface area contributed by atoms with E-state index in [2.05, 4.69) is 15.0 Å². The Balaban J connectivity index is 1.73.